The van der Waals surface area contributed by atoms with E-state index in [0.717, 1.165) is 37.6 Å². The summed E-state index contributed by atoms with van der Waals surface area (Å²) in [5.74, 6) is -2.01. The van der Waals surface area contributed by atoms with E-state index in [1.165, 1.54) is 6.92 Å². The van der Waals surface area contributed by atoms with E-state index in [1.807, 2.05) is 39.0 Å². The number of aromatic amines is 1. The van der Waals surface area contributed by atoms with Crippen molar-refractivity contribution in [2.24, 2.45) is 0 Å². The molecule has 0 bridgehead atoms. The Labute approximate surface area is 261 Å². The number of rotatable bonds is 14. The predicted molar refractivity (Wildman–Crippen MR) is 156 cm³/mol. The quantitative estimate of drug-likeness (QED) is 0.176. The van der Waals surface area contributed by atoms with Gasteiger partial charge in [0.05, 0.1) is 6.61 Å². The molecule has 2 aromatic rings. The monoisotopic (exact) mass is 634 g/mol. The maximum atomic E-state index is 12.2. The first kappa shape index (κ1) is 35.3. The van der Waals surface area contributed by atoms with Gasteiger partial charge in [0.2, 0.25) is 18.3 Å². The Morgan fingerprint density at radius 3 is 2.18 bits per heavy atom. The van der Waals surface area contributed by atoms with Gasteiger partial charge < -0.3 is 38.3 Å². The molecule has 0 radical (unpaired) electrons. The zero-order valence-corrected chi connectivity index (χ0v) is 26.6. The Kier molecular flexibility index (Phi) is 12.7. The lowest BCUT2D eigenvalue weighted by molar-refractivity contribution is -0.289. The summed E-state index contributed by atoms with van der Waals surface area (Å²) in [5.41, 5.74) is 3.40. The summed E-state index contributed by atoms with van der Waals surface area (Å²) in [6.07, 6.45) is -5.74. The second-order valence-corrected chi connectivity index (χ2v) is 11.0. The largest absolute Gasteiger partial charge is 0.493 e. The maximum Gasteiger partial charge on any atom is 0.303 e. The van der Waals surface area contributed by atoms with Gasteiger partial charge >= 0.3 is 23.9 Å². The number of ether oxygens (including phenoxy) is 7. The average molecular weight is 635 g/mol. The van der Waals surface area contributed by atoms with Gasteiger partial charge in [0, 0.05) is 58.4 Å². The van der Waals surface area contributed by atoms with Crippen molar-refractivity contribution < 1.29 is 57.4 Å². The predicted octanol–water partition coefficient (Wildman–Crippen LogP) is 2.66. The van der Waals surface area contributed by atoms with Gasteiger partial charge in [-0.25, -0.2) is 0 Å². The Morgan fingerprint density at radius 1 is 0.956 bits per heavy atom. The standard InChI is InChI=1S/C31H42N2O12/c1-16(2)26-24(14-22-9-10-23(13-17(22)3)39-12-8-11-34)30(33-32-26)45-31-29(43-21(7)38)28(42-20(6)37)27(41-19(5)36)25(44-31)15-40-18(4)35/h9-10,13,16,25,27-29,31,34H,8,11-12,14-15H2,1-7H3,(H,32,33)/t25-,27+,28+,29-,31+/m1/s1. The van der Waals surface area contributed by atoms with Gasteiger partial charge in [-0.05, 0) is 36.1 Å². The van der Waals surface area contributed by atoms with Crippen molar-refractivity contribution >= 4 is 23.9 Å². The SMILES string of the molecule is CC(=O)OC[C@H]1O[C@@H](Oc2n[nH]c(C(C)C)c2Cc2ccc(OCCCO)cc2C)[C@H](OC(C)=O)[C@@H](OC(C)=O)[C@H]1OC(C)=O. The topological polar surface area (TPSA) is 182 Å². The normalized spacial score (nSPS) is 21.1. The summed E-state index contributed by atoms with van der Waals surface area (Å²) in [4.78, 5) is 48.1. The van der Waals surface area contributed by atoms with E-state index in [-0.39, 0.29) is 25.0 Å². The summed E-state index contributed by atoms with van der Waals surface area (Å²) in [5, 5.41) is 16.4. The molecule has 0 saturated carbocycles. The van der Waals surface area contributed by atoms with Gasteiger partial charge in [-0.15, -0.1) is 5.10 Å². The number of hydrogen-bond donors (Lipinski definition) is 2. The van der Waals surface area contributed by atoms with E-state index in [9.17, 15) is 19.2 Å². The van der Waals surface area contributed by atoms with E-state index < -0.39 is 54.6 Å². The Balaban J connectivity index is 2.01. The second-order valence-electron chi connectivity index (χ2n) is 11.0. The van der Waals surface area contributed by atoms with Crippen molar-refractivity contribution in [1.82, 2.24) is 10.2 Å². The van der Waals surface area contributed by atoms with Crippen LogP contribution < -0.4 is 9.47 Å². The first-order valence-electron chi connectivity index (χ1n) is 14.7. The molecular formula is C31H42N2O12. The number of hydrogen-bond acceptors (Lipinski definition) is 13. The molecule has 2 heterocycles. The minimum absolute atomic E-state index is 0.0154. The lowest BCUT2D eigenvalue weighted by atomic mass is 9.96. The lowest BCUT2D eigenvalue weighted by Gasteiger charge is -2.43. The number of aryl methyl sites for hydroxylation is 1. The highest BCUT2D eigenvalue weighted by atomic mass is 16.7. The number of nitrogens with zero attached hydrogens (tertiary/aromatic N) is 1. The molecule has 1 aromatic heterocycles. The molecule has 248 valence electrons. The molecule has 14 heteroatoms. The highest BCUT2D eigenvalue weighted by Gasteiger charge is 2.53. The first-order valence-corrected chi connectivity index (χ1v) is 14.7. The van der Waals surface area contributed by atoms with Crippen molar-refractivity contribution in [2.75, 3.05) is 19.8 Å². The molecule has 14 nitrogen and oxygen atoms in total. The van der Waals surface area contributed by atoms with Gasteiger partial charge in [-0.3, -0.25) is 24.3 Å². The molecule has 0 amide bonds. The Bertz CT molecular complexity index is 1340. The minimum Gasteiger partial charge on any atom is -0.493 e. The average Bonchev–Trinajstić information content (AvgIpc) is 3.34. The zero-order chi connectivity index (χ0) is 33.3. The molecule has 1 saturated heterocycles. The van der Waals surface area contributed by atoms with Crippen LogP contribution in [-0.2, 0) is 49.3 Å². The molecule has 1 aliphatic heterocycles. The molecule has 45 heavy (non-hydrogen) atoms. The summed E-state index contributed by atoms with van der Waals surface area (Å²) in [6, 6.07) is 5.68. The van der Waals surface area contributed by atoms with Gasteiger partial charge in [-0.2, -0.15) is 0 Å². The molecular weight excluding hydrogens is 592 g/mol. The number of H-pyrrole nitrogens is 1. The van der Waals surface area contributed by atoms with Crippen LogP contribution in [0.3, 0.4) is 0 Å². The van der Waals surface area contributed by atoms with Crippen molar-refractivity contribution in [3.8, 4) is 11.6 Å². The molecule has 2 N–H and O–H groups in total. The van der Waals surface area contributed by atoms with Crippen molar-refractivity contribution in [2.45, 2.75) is 97.9 Å². The van der Waals surface area contributed by atoms with Crippen LogP contribution in [0.4, 0.5) is 0 Å². The van der Waals surface area contributed by atoms with Crippen LogP contribution in [0.2, 0.25) is 0 Å². The van der Waals surface area contributed by atoms with Crippen LogP contribution in [0, 0.1) is 6.92 Å². The molecule has 1 aromatic carbocycles. The Hall–Kier alpha value is -4.17. The smallest absolute Gasteiger partial charge is 0.303 e. The molecule has 5 atom stereocenters. The van der Waals surface area contributed by atoms with Crippen molar-refractivity contribution in [1.29, 1.82) is 0 Å². The summed E-state index contributed by atoms with van der Waals surface area (Å²) in [7, 11) is 0. The molecule has 1 fully saturated rings. The van der Waals surface area contributed by atoms with E-state index in [4.69, 9.17) is 38.3 Å². The van der Waals surface area contributed by atoms with Crippen molar-refractivity contribution in [3.63, 3.8) is 0 Å². The van der Waals surface area contributed by atoms with E-state index in [2.05, 4.69) is 10.2 Å². The molecule has 0 spiro atoms. The van der Waals surface area contributed by atoms with E-state index in [0.29, 0.717) is 30.8 Å². The molecule has 1 aliphatic rings. The van der Waals surface area contributed by atoms with Crippen LogP contribution in [0.5, 0.6) is 11.6 Å². The zero-order valence-electron chi connectivity index (χ0n) is 26.6. The Morgan fingerprint density at radius 2 is 1.60 bits per heavy atom. The summed E-state index contributed by atoms with van der Waals surface area (Å²) < 4.78 is 39.7. The van der Waals surface area contributed by atoms with Crippen LogP contribution >= 0.6 is 0 Å². The fourth-order valence-electron chi connectivity index (χ4n) is 4.90. The van der Waals surface area contributed by atoms with Crippen LogP contribution in [0.15, 0.2) is 18.2 Å². The van der Waals surface area contributed by atoms with Gasteiger partial charge in [0.15, 0.2) is 12.2 Å². The number of benzene rings is 1. The number of carbonyl (C=O) groups excluding carboxylic acids is 4. The van der Waals surface area contributed by atoms with Crippen LogP contribution in [0.1, 0.15) is 76.3 Å². The fourth-order valence-corrected chi connectivity index (χ4v) is 4.90. The third kappa shape index (κ3) is 9.91. The van der Waals surface area contributed by atoms with Crippen molar-refractivity contribution in [3.05, 3.63) is 40.6 Å². The number of aliphatic hydroxyl groups is 1. The van der Waals surface area contributed by atoms with Gasteiger partial charge in [0.25, 0.3) is 0 Å². The number of carbonyl (C=O) groups is 4. The number of aliphatic hydroxyl groups excluding tert-OH is 1. The highest BCUT2D eigenvalue weighted by Crippen LogP contribution is 2.34. The third-order valence-corrected chi connectivity index (χ3v) is 6.87. The van der Waals surface area contributed by atoms with Gasteiger partial charge in [0.1, 0.15) is 18.5 Å². The lowest BCUT2D eigenvalue weighted by Crippen LogP contribution is -2.63. The summed E-state index contributed by atoms with van der Waals surface area (Å²) >= 11 is 0. The first-order chi connectivity index (χ1) is 21.3. The number of esters is 4. The van der Waals surface area contributed by atoms with Crippen LogP contribution in [-0.4, -0.2) is 89.7 Å². The van der Waals surface area contributed by atoms with E-state index in [1.54, 1.807) is 0 Å². The second kappa shape index (κ2) is 16.2. The minimum atomic E-state index is -1.42. The number of nitrogens with one attached hydrogen (secondary N) is 1. The third-order valence-electron chi connectivity index (χ3n) is 6.87. The van der Waals surface area contributed by atoms with E-state index >= 15 is 0 Å². The van der Waals surface area contributed by atoms with Crippen LogP contribution in [0.25, 0.3) is 0 Å². The summed E-state index contributed by atoms with van der Waals surface area (Å²) in [6.45, 7) is 10.6. The van der Waals surface area contributed by atoms with Gasteiger partial charge in [-0.1, -0.05) is 19.9 Å². The maximum absolute atomic E-state index is 12.2. The fraction of sp³-hybridized carbons (Fsp3) is 0.581. The molecule has 3 rings (SSSR count). The molecule has 0 unspecified atom stereocenters. The molecule has 0 aliphatic carbocycles. The number of aromatic nitrogens is 2. The highest BCUT2D eigenvalue weighted by molar-refractivity contribution is 5.68.